The zero-order valence-corrected chi connectivity index (χ0v) is 12.6. The number of methoxy groups -OCH3 is 1. The molecule has 1 heterocycles. The Kier molecular flexibility index (Phi) is 3.23. The van der Waals surface area contributed by atoms with Crippen molar-refractivity contribution in [1.82, 2.24) is 0 Å². The van der Waals surface area contributed by atoms with E-state index in [9.17, 15) is 0 Å². The summed E-state index contributed by atoms with van der Waals surface area (Å²) >= 11 is 0. The molecule has 0 radical (unpaired) electrons. The molecule has 0 bridgehead atoms. The van der Waals surface area contributed by atoms with Gasteiger partial charge in [-0.05, 0) is 47.4 Å². The van der Waals surface area contributed by atoms with Gasteiger partial charge < -0.3 is 9.47 Å². The Hall–Kier alpha value is -2.48. The van der Waals surface area contributed by atoms with Gasteiger partial charge in [-0.25, -0.2) is 0 Å². The van der Waals surface area contributed by atoms with Gasteiger partial charge in [0.2, 0.25) is 0 Å². The second-order valence-electron chi connectivity index (χ2n) is 5.68. The number of hydrogen-bond acceptors (Lipinski definition) is 2. The molecule has 1 unspecified atom stereocenters. The normalized spacial score (nSPS) is 16.9. The predicted octanol–water partition coefficient (Wildman–Crippen LogP) is 4.91. The van der Waals surface area contributed by atoms with E-state index < -0.39 is 0 Å². The molecule has 0 fully saturated rings. The molecule has 2 nitrogen and oxygen atoms in total. The molecule has 0 N–H and O–H groups in total. The molecule has 4 rings (SSSR count). The maximum atomic E-state index is 6.26. The molecule has 0 spiro atoms. The fourth-order valence-electron chi connectivity index (χ4n) is 3.23. The van der Waals surface area contributed by atoms with Gasteiger partial charge in [0, 0.05) is 5.56 Å². The molecule has 0 saturated carbocycles. The molecule has 0 amide bonds. The lowest BCUT2D eigenvalue weighted by Gasteiger charge is -2.27. The topological polar surface area (TPSA) is 18.5 Å². The molecular weight excluding hydrogens is 272 g/mol. The van der Waals surface area contributed by atoms with E-state index in [4.69, 9.17) is 9.47 Å². The smallest absolute Gasteiger partial charge is 0.124 e. The second-order valence-corrected chi connectivity index (χ2v) is 5.68. The molecule has 22 heavy (non-hydrogen) atoms. The SMILES string of the molecule is COc1ccc(C2CCc3c(ccc4ccccc34)O2)cc1. The first-order valence-electron chi connectivity index (χ1n) is 7.66. The molecule has 1 aliphatic heterocycles. The molecule has 1 aliphatic rings. The van der Waals surface area contributed by atoms with Crippen molar-refractivity contribution in [2.75, 3.05) is 7.11 Å². The molecule has 2 heteroatoms. The fraction of sp³-hybridized carbons (Fsp3) is 0.200. The summed E-state index contributed by atoms with van der Waals surface area (Å²) in [6.07, 6.45) is 2.18. The first-order valence-corrected chi connectivity index (χ1v) is 7.66. The van der Waals surface area contributed by atoms with Crippen molar-refractivity contribution in [3.8, 4) is 11.5 Å². The highest BCUT2D eigenvalue weighted by molar-refractivity contribution is 5.88. The Bertz CT molecular complexity index is 806. The van der Waals surface area contributed by atoms with Crippen molar-refractivity contribution >= 4 is 10.8 Å². The monoisotopic (exact) mass is 290 g/mol. The molecule has 0 aromatic heterocycles. The molecule has 3 aromatic carbocycles. The van der Waals surface area contributed by atoms with Crippen LogP contribution in [-0.2, 0) is 6.42 Å². The van der Waals surface area contributed by atoms with Crippen LogP contribution in [0.4, 0.5) is 0 Å². The van der Waals surface area contributed by atoms with Crippen LogP contribution < -0.4 is 9.47 Å². The van der Waals surface area contributed by atoms with Gasteiger partial charge in [0.15, 0.2) is 0 Å². The van der Waals surface area contributed by atoms with Gasteiger partial charge in [0.1, 0.15) is 17.6 Å². The molecule has 0 saturated heterocycles. The fourth-order valence-corrected chi connectivity index (χ4v) is 3.23. The van der Waals surface area contributed by atoms with Crippen LogP contribution in [0.5, 0.6) is 11.5 Å². The van der Waals surface area contributed by atoms with E-state index in [1.165, 1.54) is 21.9 Å². The Labute approximate surface area is 130 Å². The average Bonchev–Trinajstić information content (AvgIpc) is 2.61. The Balaban J connectivity index is 1.67. The van der Waals surface area contributed by atoms with Gasteiger partial charge in [-0.15, -0.1) is 0 Å². The maximum absolute atomic E-state index is 6.26. The number of hydrogen-bond donors (Lipinski definition) is 0. The molecule has 0 aliphatic carbocycles. The van der Waals surface area contributed by atoms with E-state index in [0.717, 1.165) is 24.3 Å². The number of rotatable bonds is 2. The third-order valence-electron chi connectivity index (χ3n) is 4.41. The number of benzene rings is 3. The van der Waals surface area contributed by atoms with Crippen molar-refractivity contribution in [3.05, 3.63) is 71.8 Å². The first-order chi connectivity index (χ1) is 10.8. The van der Waals surface area contributed by atoms with E-state index in [-0.39, 0.29) is 6.10 Å². The van der Waals surface area contributed by atoms with E-state index in [1.807, 2.05) is 12.1 Å². The number of aryl methyl sites for hydroxylation is 1. The summed E-state index contributed by atoms with van der Waals surface area (Å²) in [5, 5.41) is 2.60. The lowest BCUT2D eigenvalue weighted by Crippen LogP contribution is -2.15. The molecule has 3 aromatic rings. The maximum Gasteiger partial charge on any atom is 0.124 e. The minimum Gasteiger partial charge on any atom is -0.497 e. The van der Waals surface area contributed by atoms with Crippen molar-refractivity contribution in [2.24, 2.45) is 0 Å². The average molecular weight is 290 g/mol. The van der Waals surface area contributed by atoms with Gasteiger partial charge in [0.05, 0.1) is 7.11 Å². The van der Waals surface area contributed by atoms with Crippen LogP contribution in [-0.4, -0.2) is 7.11 Å². The van der Waals surface area contributed by atoms with Crippen molar-refractivity contribution in [3.63, 3.8) is 0 Å². The van der Waals surface area contributed by atoms with Gasteiger partial charge in [0.25, 0.3) is 0 Å². The highest BCUT2D eigenvalue weighted by atomic mass is 16.5. The van der Waals surface area contributed by atoms with E-state index in [1.54, 1.807) is 7.11 Å². The zero-order valence-electron chi connectivity index (χ0n) is 12.6. The second kappa shape index (κ2) is 5.38. The Morgan fingerprint density at radius 2 is 1.77 bits per heavy atom. The van der Waals surface area contributed by atoms with Gasteiger partial charge >= 0.3 is 0 Å². The quantitative estimate of drug-likeness (QED) is 0.667. The summed E-state index contributed by atoms with van der Waals surface area (Å²) < 4.78 is 11.5. The van der Waals surface area contributed by atoms with Crippen molar-refractivity contribution in [2.45, 2.75) is 18.9 Å². The lowest BCUT2D eigenvalue weighted by molar-refractivity contribution is 0.177. The largest absolute Gasteiger partial charge is 0.497 e. The highest BCUT2D eigenvalue weighted by Crippen LogP contribution is 2.38. The minimum absolute atomic E-state index is 0.125. The summed E-state index contributed by atoms with van der Waals surface area (Å²) in [4.78, 5) is 0. The molecule has 1 atom stereocenters. The first kappa shape index (κ1) is 13.2. The number of ether oxygens (including phenoxy) is 2. The lowest BCUT2D eigenvalue weighted by atomic mass is 9.93. The van der Waals surface area contributed by atoms with Crippen molar-refractivity contribution in [1.29, 1.82) is 0 Å². The Morgan fingerprint density at radius 1 is 0.955 bits per heavy atom. The van der Waals surface area contributed by atoms with Crippen LogP contribution in [0.1, 0.15) is 23.7 Å². The summed E-state index contributed by atoms with van der Waals surface area (Å²) in [5.74, 6) is 1.90. The van der Waals surface area contributed by atoms with Gasteiger partial charge in [-0.3, -0.25) is 0 Å². The van der Waals surface area contributed by atoms with E-state index in [2.05, 4.69) is 48.5 Å². The zero-order chi connectivity index (χ0) is 14.9. The summed E-state index contributed by atoms with van der Waals surface area (Å²) in [6, 6.07) is 20.9. The number of fused-ring (bicyclic) bond motifs is 3. The van der Waals surface area contributed by atoms with Crippen molar-refractivity contribution < 1.29 is 9.47 Å². The Morgan fingerprint density at radius 3 is 2.59 bits per heavy atom. The third kappa shape index (κ3) is 2.21. The van der Waals surface area contributed by atoms with Crippen LogP contribution in [0.15, 0.2) is 60.7 Å². The molecule has 110 valence electrons. The van der Waals surface area contributed by atoms with E-state index in [0.29, 0.717) is 0 Å². The van der Waals surface area contributed by atoms with Gasteiger partial charge in [-0.2, -0.15) is 0 Å². The van der Waals surface area contributed by atoms with Crippen LogP contribution in [0, 0.1) is 0 Å². The predicted molar refractivity (Wildman–Crippen MR) is 88.6 cm³/mol. The summed E-state index contributed by atoms with van der Waals surface area (Å²) in [5.41, 5.74) is 2.54. The highest BCUT2D eigenvalue weighted by Gasteiger charge is 2.22. The van der Waals surface area contributed by atoms with Crippen LogP contribution in [0.2, 0.25) is 0 Å². The minimum atomic E-state index is 0.125. The summed E-state index contributed by atoms with van der Waals surface area (Å²) in [6.45, 7) is 0. The summed E-state index contributed by atoms with van der Waals surface area (Å²) in [7, 11) is 1.69. The van der Waals surface area contributed by atoms with Crippen LogP contribution in [0.25, 0.3) is 10.8 Å². The third-order valence-corrected chi connectivity index (χ3v) is 4.41. The van der Waals surface area contributed by atoms with E-state index >= 15 is 0 Å². The van der Waals surface area contributed by atoms with Crippen LogP contribution >= 0.6 is 0 Å². The standard InChI is InChI=1S/C20H18O2/c1-21-16-9-6-15(7-10-16)19-13-11-18-17-5-3-2-4-14(17)8-12-20(18)22-19/h2-10,12,19H,11,13H2,1H3. The molecular formula is C20H18O2. The van der Waals surface area contributed by atoms with Crippen LogP contribution in [0.3, 0.4) is 0 Å². The van der Waals surface area contributed by atoms with Gasteiger partial charge in [-0.1, -0.05) is 42.5 Å².